The molecule has 0 aliphatic rings. The van der Waals surface area contributed by atoms with E-state index in [0.29, 0.717) is 6.04 Å². The van der Waals surface area contributed by atoms with Crippen LogP contribution in [0, 0.1) is 0 Å². The lowest BCUT2D eigenvalue weighted by Gasteiger charge is -2.24. The fourth-order valence-corrected chi connectivity index (χ4v) is 4.61. The molecule has 21 heavy (non-hydrogen) atoms. The van der Waals surface area contributed by atoms with Gasteiger partial charge in [0.1, 0.15) is 0 Å². The lowest BCUT2D eigenvalue weighted by Crippen LogP contribution is -2.32. The minimum Gasteiger partial charge on any atom is -0.302 e. The van der Waals surface area contributed by atoms with Crippen molar-refractivity contribution in [2.24, 2.45) is 0 Å². The molecule has 0 fully saturated rings. The Balaban J connectivity index is 2.15. The topological polar surface area (TPSA) is 12.0 Å². The molecule has 0 bridgehead atoms. The van der Waals surface area contributed by atoms with E-state index >= 15 is 0 Å². The van der Waals surface area contributed by atoms with Gasteiger partial charge in [-0.2, -0.15) is 0 Å². The maximum absolute atomic E-state index is 6.14. The molecule has 0 amide bonds. The predicted octanol–water partition coefficient (Wildman–Crippen LogP) is 6.50. The average molecular weight is 342 g/mol. The van der Waals surface area contributed by atoms with Crippen LogP contribution in [0.4, 0.5) is 0 Å². The van der Waals surface area contributed by atoms with Crippen LogP contribution in [-0.2, 0) is 0 Å². The Morgan fingerprint density at radius 1 is 1.10 bits per heavy atom. The second kappa shape index (κ2) is 8.94. The number of hydrogen-bond acceptors (Lipinski definition) is 3. The van der Waals surface area contributed by atoms with Crippen molar-refractivity contribution < 1.29 is 0 Å². The first-order valence-corrected chi connectivity index (χ1v) is 9.86. The van der Waals surface area contributed by atoms with Crippen LogP contribution >= 0.6 is 34.3 Å². The highest BCUT2D eigenvalue weighted by atomic mass is 35.5. The van der Waals surface area contributed by atoms with Crippen molar-refractivity contribution in [1.29, 1.82) is 0 Å². The van der Waals surface area contributed by atoms with Gasteiger partial charge in [-0.3, -0.25) is 0 Å². The first-order chi connectivity index (χ1) is 10.2. The number of thiophene rings is 2. The predicted molar refractivity (Wildman–Crippen MR) is 96.8 cm³/mol. The molecule has 1 N–H and O–H groups in total. The van der Waals surface area contributed by atoms with Gasteiger partial charge in [0.2, 0.25) is 0 Å². The number of rotatable bonds is 9. The highest BCUT2D eigenvalue weighted by molar-refractivity contribution is 7.16. The fraction of sp³-hybridized carbons (Fsp3) is 0.529. The smallest absolute Gasteiger partial charge is 0.0931 e. The minimum atomic E-state index is 0.288. The number of unbranched alkanes of at least 4 members (excludes halogenated alkanes) is 1. The van der Waals surface area contributed by atoms with Crippen molar-refractivity contribution in [2.75, 3.05) is 0 Å². The van der Waals surface area contributed by atoms with E-state index in [9.17, 15) is 0 Å². The van der Waals surface area contributed by atoms with Crippen LogP contribution in [-0.4, -0.2) is 6.04 Å². The van der Waals surface area contributed by atoms with Gasteiger partial charge in [0.15, 0.2) is 0 Å². The van der Waals surface area contributed by atoms with E-state index in [1.807, 2.05) is 17.4 Å². The van der Waals surface area contributed by atoms with Crippen molar-refractivity contribution >= 4 is 34.3 Å². The van der Waals surface area contributed by atoms with Gasteiger partial charge in [0.05, 0.1) is 10.4 Å². The molecule has 1 nitrogen and oxygen atoms in total. The maximum atomic E-state index is 6.14. The fourth-order valence-electron chi connectivity index (χ4n) is 2.59. The van der Waals surface area contributed by atoms with Gasteiger partial charge in [-0.1, -0.05) is 50.8 Å². The van der Waals surface area contributed by atoms with Crippen LogP contribution in [0.15, 0.2) is 29.6 Å². The zero-order valence-corrected chi connectivity index (χ0v) is 15.2. The number of nitrogens with one attached hydrogen (secondary N) is 1. The average Bonchev–Trinajstić information content (AvgIpc) is 3.13. The molecule has 2 rings (SSSR count). The van der Waals surface area contributed by atoms with Gasteiger partial charge >= 0.3 is 0 Å². The molecule has 2 aromatic rings. The van der Waals surface area contributed by atoms with Gasteiger partial charge < -0.3 is 5.32 Å². The van der Waals surface area contributed by atoms with Crippen molar-refractivity contribution in [1.82, 2.24) is 5.32 Å². The molecule has 0 aliphatic heterocycles. The molecule has 2 heterocycles. The van der Waals surface area contributed by atoms with Gasteiger partial charge in [0.25, 0.3) is 0 Å². The zero-order chi connectivity index (χ0) is 15.1. The van der Waals surface area contributed by atoms with E-state index in [2.05, 4.69) is 42.7 Å². The highest BCUT2D eigenvalue weighted by Crippen LogP contribution is 2.34. The highest BCUT2D eigenvalue weighted by Gasteiger charge is 2.20. The van der Waals surface area contributed by atoms with E-state index < -0.39 is 0 Å². The summed E-state index contributed by atoms with van der Waals surface area (Å²) in [7, 11) is 0. The first kappa shape index (κ1) is 17.0. The van der Waals surface area contributed by atoms with Crippen molar-refractivity contribution in [3.05, 3.63) is 43.7 Å². The lowest BCUT2D eigenvalue weighted by atomic mass is 10.0. The van der Waals surface area contributed by atoms with Crippen LogP contribution < -0.4 is 5.32 Å². The molecular formula is C17H24ClNS2. The van der Waals surface area contributed by atoms with E-state index in [0.717, 1.165) is 4.34 Å². The summed E-state index contributed by atoms with van der Waals surface area (Å²) in [5, 5.41) is 6.04. The molecular weight excluding hydrogens is 318 g/mol. The molecule has 2 unspecified atom stereocenters. The second-order valence-corrected chi connectivity index (χ2v) is 8.11. The van der Waals surface area contributed by atoms with Crippen LogP contribution in [0.5, 0.6) is 0 Å². The van der Waals surface area contributed by atoms with E-state index in [1.54, 1.807) is 11.3 Å². The summed E-state index contributed by atoms with van der Waals surface area (Å²) in [6.07, 6.45) is 6.27. The van der Waals surface area contributed by atoms with Gasteiger partial charge in [-0.05, 0) is 36.4 Å². The first-order valence-electron chi connectivity index (χ1n) is 7.79. The van der Waals surface area contributed by atoms with Crippen LogP contribution in [0.3, 0.4) is 0 Å². The van der Waals surface area contributed by atoms with E-state index in [1.165, 1.54) is 41.9 Å². The van der Waals surface area contributed by atoms with Gasteiger partial charge in [0, 0.05) is 15.8 Å². The van der Waals surface area contributed by atoms with Crippen LogP contribution in [0.25, 0.3) is 0 Å². The molecule has 2 atom stereocenters. The molecule has 0 saturated heterocycles. The summed E-state index contributed by atoms with van der Waals surface area (Å²) >= 11 is 9.65. The molecule has 0 radical (unpaired) electrons. The van der Waals surface area contributed by atoms with Gasteiger partial charge in [-0.25, -0.2) is 0 Å². The Bertz CT molecular complexity index is 507. The van der Waals surface area contributed by atoms with Crippen molar-refractivity contribution in [3.63, 3.8) is 0 Å². The Labute approximate surface area is 141 Å². The van der Waals surface area contributed by atoms with Crippen LogP contribution in [0.1, 0.15) is 61.7 Å². The third-order valence-electron chi connectivity index (χ3n) is 3.65. The summed E-state index contributed by atoms with van der Waals surface area (Å²) < 4.78 is 0.869. The molecule has 0 aromatic carbocycles. The van der Waals surface area contributed by atoms with Crippen LogP contribution in [0.2, 0.25) is 4.34 Å². The summed E-state index contributed by atoms with van der Waals surface area (Å²) in [4.78, 5) is 2.70. The lowest BCUT2D eigenvalue weighted by molar-refractivity contribution is 0.412. The molecule has 116 valence electrons. The molecule has 0 spiro atoms. The molecule has 2 aromatic heterocycles. The second-order valence-electron chi connectivity index (χ2n) is 5.38. The largest absolute Gasteiger partial charge is 0.302 e. The normalized spacial score (nSPS) is 14.2. The quantitative estimate of drug-likeness (QED) is 0.548. The Hall–Kier alpha value is -0.350. The summed E-state index contributed by atoms with van der Waals surface area (Å²) in [5.74, 6) is 0. The monoisotopic (exact) mass is 341 g/mol. The SMILES string of the molecule is CCCCC(CCC)NC(c1cccs1)c1ccc(Cl)s1. The van der Waals surface area contributed by atoms with Gasteiger partial charge in [-0.15, -0.1) is 22.7 Å². The summed E-state index contributed by atoms with van der Waals surface area (Å²) in [5.41, 5.74) is 0. The Kier molecular flexibility index (Phi) is 7.24. The standard InChI is InChI=1S/C17H24ClNS2/c1-3-5-8-13(7-4-2)19-17(14-9-6-12-20-14)15-10-11-16(18)21-15/h6,9-13,17,19H,3-5,7-8H2,1-2H3. The Morgan fingerprint density at radius 2 is 1.95 bits per heavy atom. The maximum Gasteiger partial charge on any atom is 0.0931 e. The number of halogens is 1. The molecule has 0 saturated carbocycles. The van der Waals surface area contributed by atoms with E-state index in [-0.39, 0.29) is 6.04 Å². The summed E-state index contributed by atoms with van der Waals surface area (Å²) in [6, 6.07) is 9.39. The third-order valence-corrected chi connectivity index (χ3v) is 5.89. The van der Waals surface area contributed by atoms with Crippen molar-refractivity contribution in [2.45, 2.75) is 58.0 Å². The third kappa shape index (κ3) is 5.10. The van der Waals surface area contributed by atoms with Crippen molar-refractivity contribution in [3.8, 4) is 0 Å². The number of hydrogen-bond donors (Lipinski definition) is 1. The Morgan fingerprint density at radius 3 is 2.52 bits per heavy atom. The molecule has 4 heteroatoms. The zero-order valence-electron chi connectivity index (χ0n) is 12.8. The van der Waals surface area contributed by atoms with E-state index in [4.69, 9.17) is 11.6 Å². The molecule has 0 aliphatic carbocycles. The minimum absolute atomic E-state index is 0.288. The summed E-state index contributed by atoms with van der Waals surface area (Å²) in [6.45, 7) is 4.53.